The molecular weight excluding hydrogens is 242 g/mol. The Bertz CT molecular complexity index is 436. The van der Waals surface area contributed by atoms with E-state index in [1.165, 1.54) is 0 Å². The van der Waals surface area contributed by atoms with Crippen molar-refractivity contribution in [3.05, 3.63) is 24.0 Å². The molecule has 5 nitrogen and oxygen atoms in total. The van der Waals surface area contributed by atoms with E-state index in [4.69, 9.17) is 4.74 Å². The topological polar surface area (TPSA) is 63.2 Å². The lowest BCUT2D eigenvalue weighted by atomic mass is 10.0. The summed E-state index contributed by atoms with van der Waals surface area (Å²) in [6.45, 7) is 5.57. The largest absolute Gasteiger partial charge is 0.385 e. The third-order valence-corrected chi connectivity index (χ3v) is 3.19. The number of anilines is 1. The van der Waals surface area contributed by atoms with Crippen LogP contribution in [0.1, 0.15) is 37.2 Å². The number of pyridine rings is 1. The predicted molar refractivity (Wildman–Crippen MR) is 74.3 cm³/mol. The van der Waals surface area contributed by atoms with E-state index in [1.54, 1.807) is 12.3 Å². The standard InChI is InChI=1S/C14H21N3O2/c1-3-15-11-4-6-16-13(9-11)14(18)17-12-5-7-19-10(2)8-12/h4,6,9-10,12H,3,5,7-8H2,1-2H3,(H,15,16)(H,17,18). The Morgan fingerprint density at radius 3 is 3.16 bits per heavy atom. The molecule has 104 valence electrons. The van der Waals surface area contributed by atoms with Crippen LogP contribution in [-0.2, 0) is 4.74 Å². The molecule has 2 N–H and O–H groups in total. The Morgan fingerprint density at radius 2 is 2.42 bits per heavy atom. The molecule has 2 rings (SSSR count). The van der Waals surface area contributed by atoms with Crippen molar-refractivity contribution in [2.75, 3.05) is 18.5 Å². The van der Waals surface area contributed by atoms with Crippen molar-refractivity contribution in [2.24, 2.45) is 0 Å². The summed E-state index contributed by atoms with van der Waals surface area (Å²) in [6.07, 6.45) is 3.58. The minimum Gasteiger partial charge on any atom is -0.385 e. The van der Waals surface area contributed by atoms with Gasteiger partial charge in [-0.1, -0.05) is 0 Å². The zero-order chi connectivity index (χ0) is 13.7. The molecule has 0 bridgehead atoms. The van der Waals surface area contributed by atoms with E-state index in [1.807, 2.05) is 19.9 Å². The van der Waals surface area contributed by atoms with E-state index in [9.17, 15) is 4.79 Å². The minimum absolute atomic E-state index is 0.112. The predicted octanol–water partition coefficient (Wildman–Crippen LogP) is 1.81. The van der Waals surface area contributed by atoms with Crippen LogP contribution in [0.15, 0.2) is 18.3 Å². The lowest BCUT2D eigenvalue weighted by Gasteiger charge is -2.27. The molecule has 5 heteroatoms. The Kier molecular flexibility index (Phi) is 4.74. The number of nitrogens with zero attached hydrogens (tertiary/aromatic N) is 1. The molecule has 0 aromatic carbocycles. The number of carbonyl (C=O) groups excluding carboxylic acids is 1. The van der Waals surface area contributed by atoms with Gasteiger partial charge in [0.2, 0.25) is 0 Å². The van der Waals surface area contributed by atoms with E-state index >= 15 is 0 Å². The molecule has 2 heterocycles. The Labute approximate surface area is 113 Å². The van der Waals surface area contributed by atoms with Crippen LogP contribution in [0.4, 0.5) is 5.69 Å². The summed E-state index contributed by atoms with van der Waals surface area (Å²) in [7, 11) is 0. The molecule has 1 aromatic rings. The zero-order valence-electron chi connectivity index (χ0n) is 11.5. The molecular formula is C14H21N3O2. The molecule has 0 spiro atoms. The van der Waals surface area contributed by atoms with Crippen LogP contribution in [0, 0.1) is 0 Å². The average molecular weight is 263 g/mol. The summed E-state index contributed by atoms with van der Waals surface area (Å²) in [4.78, 5) is 16.3. The highest BCUT2D eigenvalue weighted by Gasteiger charge is 2.21. The number of carbonyl (C=O) groups is 1. The van der Waals surface area contributed by atoms with E-state index in [2.05, 4.69) is 15.6 Å². The van der Waals surface area contributed by atoms with Crippen LogP contribution in [0.5, 0.6) is 0 Å². The second kappa shape index (κ2) is 6.52. The van der Waals surface area contributed by atoms with Gasteiger partial charge in [-0.05, 0) is 38.8 Å². The molecule has 1 amide bonds. The van der Waals surface area contributed by atoms with Gasteiger partial charge in [0.1, 0.15) is 5.69 Å². The molecule has 0 saturated carbocycles. The van der Waals surface area contributed by atoms with E-state index in [0.717, 1.165) is 25.1 Å². The van der Waals surface area contributed by atoms with Gasteiger partial charge in [-0.3, -0.25) is 9.78 Å². The maximum absolute atomic E-state index is 12.1. The maximum atomic E-state index is 12.1. The molecule has 0 radical (unpaired) electrons. The van der Waals surface area contributed by atoms with E-state index < -0.39 is 0 Å². The molecule has 0 aliphatic carbocycles. The van der Waals surface area contributed by atoms with E-state index in [-0.39, 0.29) is 18.1 Å². The zero-order valence-corrected chi connectivity index (χ0v) is 11.5. The molecule has 2 atom stereocenters. The van der Waals surface area contributed by atoms with Crippen LogP contribution in [0.2, 0.25) is 0 Å². The third-order valence-electron chi connectivity index (χ3n) is 3.19. The summed E-state index contributed by atoms with van der Waals surface area (Å²) < 4.78 is 5.47. The fourth-order valence-corrected chi connectivity index (χ4v) is 2.26. The van der Waals surface area contributed by atoms with Crippen molar-refractivity contribution >= 4 is 11.6 Å². The van der Waals surface area contributed by atoms with Gasteiger partial charge >= 0.3 is 0 Å². The smallest absolute Gasteiger partial charge is 0.270 e. The van der Waals surface area contributed by atoms with Crippen LogP contribution in [0.3, 0.4) is 0 Å². The highest BCUT2D eigenvalue weighted by atomic mass is 16.5. The second-order valence-corrected chi connectivity index (χ2v) is 4.84. The van der Waals surface area contributed by atoms with Gasteiger partial charge in [0.25, 0.3) is 5.91 Å². The number of aromatic nitrogens is 1. The first-order valence-electron chi connectivity index (χ1n) is 6.81. The first kappa shape index (κ1) is 13.8. The fraction of sp³-hybridized carbons (Fsp3) is 0.571. The summed E-state index contributed by atoms with van der Waals surface area (Å²) in [6, 6.07) is 3.82. The Balaban J connectivity index is 1.97. The molecule has 1 aromatic heterocycles. The Hall–Kier alpha value is -1.62. The molecule has 1 saturated heterocycles. The number of amides is 1. The number of hydrogen-bond acceptors (Lipinski definition) is 4. The summed E-state index contributed by atoms with van der Waals surface area (Å²) in [5, 5.41) is 6.20. The summed E-state index contributed by atoms with van der Waals surface area (Å²) >= 11 is 0. The molecule has 1 aliphatic heterocycles. The fourth-order valence-electron chi connectivity index (χ4n) is 2.26. The third kappa shape index (κ3) is 3.92. The van der Waals surface area contributed by atoms with Crippen molar-refractivity contribution in [1.82, 2.24) is 10.3 Å². The number of ether oxygens (including phenoxy) is 1. The van der Waals surface area contributed by atoms with Crippen molar-refractivity contribution in [3.8, 4) is 0 Å². The van der Waals surface area contributed by atoms with Crippen LogP contribution >= 0.6 is 0 Å². The van der Waals surface area contributed by atoms with Gasteiger partial charge < -0.3 is 15.4 Å². The number of nitrogens with one attached hydrogen (secondary N) is 2. The second-order valence-electron chi connectivity index (χ2n) is 4.84. The van der Waals surface area contributed by atoms with Gasteiger partial charge in [0, 0.05) is 31.1 Å². The first-order chi connectivity index (χ1) is 9.19. The van der Waals surface area contributed by atoms with Gasteiger partial charge in [-0.2, -0.15) is 0 Å². The van der Waals surface area contributed by atoms with Crippen molar-refractivity contribution in [1.29, 1.82) is 0 Å². The Morgan fingerprint density at radius 1 is 1.58 bits per heavy atom. The lowest BCUT2D eigenvalue weighted by molar-refractivity contribution is 0.0136. The lowest BCUT2D eigenvalue weighted by Crippen LogP contribution is -2.41. The average Bonchev–Trinajstić information content (AvgIpc) is 2.39. The quantitative estimate of drug-likeness (QED) is 0.869. The van der Waals surface area contributed by atoms with Crippen molar-refractivity contribution < 1.29 is 9.53 Å². The number of hydrogen-bond donors (Lipinski definition) is 2. The first-order valence-corrected chi connectivity index (χ1v) is 6.81. The SMILES string of the molecule is CCNc1ccnc(C(=O)NC2CCOC(C)C2)c1. The molecule has 1 fully saturated rings. The normalized spacial score (nSPS) is 22.8. The van der Waals surface area contributed by atoms with Gasteiger partial charge in [-0.15, -0.1) is 0 Å². The van der Waals surface area contributed by atoms with Crippen molar-refractivity contribution in [3.63, 3.8) is 0 Å². The van der Waals surface area contributed by atoms with Gasteiger partial charge in [0.05, 0.1) is 6.10 Å². The van der Waals surface area contributed by atoms with Gasteiger partial charge in [-0.25, -0.2) is 0 Å². The number of rotatable bonds is 4. The van der Waals surface area contributed by atoms with E-state index in [0.29, 0.717) is 12.3 Å². The van der Waals surface area contributed by atoms with Crippen molar-refractivity contribution in [2.45, 2.75) is 38.8 Å². The van der Waals surface area contributed by atoms with Crippen LogP contribution < -0.4 is 10.6 Å². The molecule has 19 heavy (non-hydrogen) atoms. The highest BCUT2D eigenvalue weighted by molar-refractivity contribution is 5.93. The van der Waals surface area contributed by atoms with Crippen LogP contribution in [0.25, 0.3) is 0 Å². The van der Waals surface area contributed by atoms with Gasteiger partial charge in [0.15, 0.2) is 0 Å². The minimum atomic E-state index is -0.112. The maximum Gasteiger partial charge on any atom is 0.270 e. The van der Waals surface area contributed by atoms with Crippen LogP contribution in [-0.4, -0.2) is 36.2 Å². The highest BCUT2D eigenvalue weighted by Crippen LogP contribution is 2.14. The molecule has 1 aliphatic rings. The summed E-state index contributed by atoms with van der Waals surface area (Å²) in [5.41, 5.74) is 1.38. The molecule has 2 unspecified atom stereocenters. The monoisotopic (exact) mass is 263 g/mol. The summed E-state index contributed by atoms with van der Waals surface area (Å²) in [5.74, 6) is -0.112.